The van der Waals surface area contributed by atoms with Gasteiger partial charge in [0.1, 0.15) is 37.1 Å². The van der Waals surface area contributed by atoms with Crippen molar-refractivity contribution >= 4 is 41.5 Å². The van der Waals surface area contributed by atoms with E-state index in [2.05, 4.69) is 33.1 Å². The number of hydrogen-bond donors (Lipinski definition) is 10. The van der Waals surface area contributed by atoms with Gasteiger partial charge in [-0.1, -0.05) is 30.7 Å². The average Bonchev–Trinajstić information content (AvgIpc) is 3.59. The Morgan fingerprint density at radius 1 is 0.875 bits per heavy atom. The molecule has 0 radical (unpaired) electrons. The van der Waals surface area contributed by atoms with Crippen molar-refractivity contribution in [2.45, 2.75) is 133 Å². The van der Waals surface area contributed by atoms with E-state index in [9.17, 15) is 54.0 Å². The molecule has 1 saturated heterocycles. The highest BCUT2D eigenvalue weighted by atomic mass is 16.5. The fraction of sp³-hybridized carbons (Fsp3) is 0.659. The molecule has 1 saturated carbocycles. The summed E-state index contributed by atoms with van der Waals surface area (Å²) in [4.78, 5) is 83.7. The molecule has 2 fully saturated rings. The van der Waals surface area contributed by atoms with Crippen molar-refractivity contribution in [1.29, 1.82) is 0 Å². The molecule has 1 aromatic carbocycles. The quantitative estimate of drug-likeness (QED) is 0.0444. The van der Waals surface area contributed by atoms with E-state index in [1.807, 2.05) is 30.4 Å². The summed E-state index contributed by atoms with van der Waals surface area (Å²) in [6.45, 7) is 2.86. The molecular weight excluding hydrogens is 839 g/mol. The molecule has 10 N–H and O–H groups in total. The van der Waals surface area contributed by atoms with Crippen molar-refractivity contribution in [2.75, 3.05) is 40.0 Å². The molecule has 356 valence electrons. The number of benzene rings is 1. The third kappa shape index (κ3) is 19.6. The number of carboxylic acids is 3. The topological polar surface area (TPSA) is 308 Å². The summed E-state index contributed by atoms with van der Waals surface area (Å²) < 4.78 is 17.8. The first-order valence-corrected chi connectivity index (χ1v) is 21.8. The summed E-state index contributed by atoms with van der Waals surface area (Å²) >= 11 is 0. The number of carboxylic acid groups (broad SMARTS) is 3. The van der Waals surface area contributed by atoms with E-state index < -0.39 is 72.7 Å². The first-order valence-electron chi connectivity index (χ1n) is 21.8. The van der Waals surface area contributed by atoms with Crippen molar-refractivity contribution < 1.29 is 73.3 Å². The van der Waals surface area contributed by atoms with Crippen LogP contribution in [0.4, 0.5) is 0 Å². The minimum Gasteiger partial charge on any atom is -0.492 e. The predicted molar refractivity (Wildman–Crippen MR) is 228 cm³/mol. The van der Waals surface area contributed by atoms with Crippen LogP contribution in [0.3, 0.4) is 0 Å². The van der Waals surface area contributed by atoms with Crippen molar-refractivity contribution in [3.05, 3.63) is 29.3 Å². The summed E-state index contributed by atoms with van der Waals surface area (Å²) in [7, 11) is 1.38. The molecule has 8 atom stereocenters. The van der Waals surface area contributed by atoms with Gasteiger partial charge in [-0.05, 0) is 81.7 Å². The van der Waals surface area contributed by atoms with E-state index in [0.29, 0.717) is 43.6 Å². The van der Waals surface area contributed by atoms with Crippen molar-refractivity contribution in [3.8, 4) is 17.6 Å². The van der Waals surface area contributed by atoms with Crippen LogP contribution in [0.1, 0.15) is 94.6 Å². The highest BCUT2D eigenvalue weighted by Crippen LogP contribution is 2.35. The third-order valence-corrected chi connectivity index (χ3v) is 11.2. The maximum absolute atomic E-state index is 12.8. The van der Waals surface area contributed by atoms with Crippen LogP contribution >= 0.6 is 0 Å². The molecule has 20 nitrogen and oxygen atoms in total. The molecule has 4 amide bonds. The molecule has 2 aliphatic rings. The van der Waals surface area contributed by atoms with Crippen LogP contribution in [0, 0.1) is 30.6 Å². The lowest BCUT2D eigenvalue weighted by molar-refractivity contribution is -0.148. The zero-order valence-corrected chi connectivity index (χ0v) is 36.6. The van der Waals surface area contributed by atoms with Gasteiger partial charge in [0.15, 0.2) is 0 Å². The van der Waals surface area contributed by atoms with Gasteiger partial charge in [0.05, 0.1) is 44.3 Å². The lowest BCUT2D eigenvalue weighted by Gasteiger charge is -2.27. The Balaban J connectivity index is 1.30. The molecule has 1 aromatic rings. The van der Waals surface area contributed by atoms with Crippen LogP contribution < -0.4 is 31.3 Å². The van der Waals surface area contributed by atoms with Crippen molar-refractivity contribution in [3.63, 3.8) is 0 Å². The normalized spacial score (nSPS) is 21.0. The van der Waals surface area contributed by atoms with Crippen molar-refractivity contribution in [1.82, 2.24) is 26.6 Å². The largest absolute Gasteiger partial charge is 0.492 e. The van der Waals surface area contributed by atoms with Gasteiger partial charge in [-0.2, -0.15) is 0 Å². The number of carbonyl (C=O) groups is 7. The minimum atomic E-state index is -1.87. The summed E-state index contributed by atoms with van der Waals surface area (Å²) in [6.07, 6.45) is 5.01. The first kappa shape index (κ1) is 53.0. The predicted octanol–water partition coefficient (Wildman–Crippen LogP) is 0.376. The van der Waals surface area contributed by atoms with Gasteiger partial charge in [-0.3, -0.25) is 28.8 Å². The number of likely N-dealkylation sites (N-methyl/N-ethyl adjacent to an activating group) is 1. The van der Waals surface area contributed by atoms with E-state index >= 15 is 0 Å². The number of aryl methyl sites for hydroxylation is 1. The SMILES string of the molecule is CNC(CNC(=O)CCCC(=O)NCCOc1ccc(COCC#CC2CCCCC(C3CC(O)C(CCO)O3)CC2)c(C)c1)C(=O)NC(CC(=O)O)C(=O)NC(CC(=O)O)C(=O)O. The van der Waals surface area contributed by atoms with Crippen LogP contribution in [0.2, 0.25) is 0 Å². The average molecular weight is 904 g/mol. The smallest absolute Gasteiger partial charge is 0.326 e. The van der Waals surface area contributed by atoms with Gasteiger partial charge in [0.2, 0.25) is 23.6 Å². The molecule has 20 heteroatoms. The highest BCUT2D eigenvalue weighted by molar-refractivity contribution is 5.95. The Bertz CT molecular complexity index is 1780. The Labute approximate surface area is 372 Å². The molecule has 1 aliphatic carbocycles. The third-order valence-electron chi connectivity index (χ3n) is 11.2. The molecular formula is C44H65N5O15. The van der Waals surface area contributed by atoms with Gasteiger partial charge in [-0.15, -0.1) is 0 Å². The van der Waals surface area contributed by atoms with E-state index in [-0.39, 0.29) is 63.7 Å². The van der Waals surface area contributed by atoms with Gasteiger partial charge < -0.3 is 66.3 Å². The number of aliphatic hydroxyl groups excluding tert-OH is 2. The van der Waals surface area contributed by atoms with Crippen LogP contribution in [0.25, 0.3) is 0 Å². The van der Waals surface area contributed by atoms with Crippen molar-refractivity contribution in [2.24, 2.45) is 11.8 Å². The van der Waals surface area contributed by atoms with Gasteiger partial charge in [0, 0.05) is 38.3 Å². The monoisotopic (exact) mass is 903 g/mol. The zero-order chi connectivity index (χ0) is 47.0. The van der Waals surface area contributed by atoms with Crippen LogP contribution in [-0.4, -0.2) is 143 Å². The number of carbonyl (C=O) groups excluding carboxylic acids is 4. The number of ether oxygens (including phenoxy) is 3. The number of nitrogens with one attached hydrogen (secondary N) is 5. The van der Waals surface area contributed by atoms with E-state index in [1.165, 1.54) is 7.05 Å². The molecule has 1 heterocycles. The molecule has 1 aliphatic heterocycles. The lowest BCUT2D eigenvalue weighted by atomic mass is 9.82. The highest BCUT2D eigenvalue weighted by Gasteiger charge is 2.38. The maximum atomic E-state index is 12.8. The number of amides is 4. The second-order valence-electron chi connectivity index (χ2n) is 16.1. The second-order valence-corrected chi connectivity index (χ2v) is 16.1. The Kier molecular flexibility index (Phi) is 23.6. The van der Waals surface area contributed by atoms with E-state index in [1.54, 1.807) is 0 Å². The van der Waals surface area contributed by atoms with Crippen LogP contribution in [0.15, 0.2) is 18.2 Å². The zero-order valence-electron chi connectivity index (χ0n) is 36.6. The Morgan fingerprint density at radius 2 is 1.55 bits per heavy atom. The molecule has 64 heavy (non-hydrogen) atoms. The Morgan fingerprint density at radius 3 is 2.22 bits per heavy atom. The van der Waals surface area contributed by atoms with E-state index in [0.717, 1.165) is 49.7 Å². The minimum absolute atomic E-state index is 0.0125. The summed E-state index contributed by atoms with van der Waals surface area (Å²) in [5.41, 5.74) is 1.98. The lowest BCUT2D eigenvalue weighted by Crippen LogP contribution is -2.57. The molecule has 0 spiro atoms. The molecule has 8 unspecified atom stereocenters. The Hall–Kier alpha value is -5.33. The van der Waals surface area contributed by atoms with Gasteiger partial charge in [-0.25, -0.2) is 4.79 Å². The van der Waals surface area contributed by atoms with Gasteiger partial charge >= 0.3 is 17.9 Å². The second kappa shape index (κ2) is 28.5. The number of aliphatic carboxylic acids is 3. The summed E-state index contributed by atoms with van der Waals surface area (Å²) in [6, 6.07) is 0.899. The van der Waals surface area contributed by atoms with Crippen LogP contribution in [0.5, 0.6) is 5.75 Å². The number of rotatable bonds is 26. The summed E-state index contributed by atoms with van der Waals surface area (Å²) in [5.74, 6) is 0.368. The summed E-state index contributed by atoms with van der Waals surface area (Å²) in [5, 5.41) is 58.8. The molecule has 3 rings (SSSR count). The number of hydrogen-bond acceptors (Lipinski definition) is 13. The standard InChI is InChI=1S/C44H65N5O15/c1-27-21-31(15-14-30(27)26-62-19-6-8-28-7-3-4-9-29(13-12-28)37-24-35(51)36(64-37)16-18-50)63-20-17-46-38(52)10-5-11-39(53)47-25-34(45-2)43(59)48-32(22-40(54)55)42(58)49-33(44(60)61)23-41(56)57/h14-15,21,28-29,32-37,45,50-51H,3-5,7,9-13,16-20,22-26H2,1-2H3,(H,46,52)(H,47,53)(H,48,59)(H,49,58)(H,54,55)(H,56,57)(H,60,61). The molecule has 0 aromatic heterocycles. The van der Waals surface area contributed by atoms with Crippen LogP contribution in [-0.2, 0) is 49.6 Å². The molecule has 0 bridgehead atoms. The first-order chi connectivity index (χ1) is 30.6. The fourth-order valence-corrected chi connectivity index (χ4v) is 7.58. The maximum Gasteiger partial charge on any atom is 0.326 e. The van der Waals surface area contributed by atoms with E-state index in [4.69, 9.17) is 19.3 Å². The number of aliphatic hydroxyl groups is 2. The van der Waals surface area contributed by atoms with Gasteiger partial charge in [0.25, 0.3) is 0 Å². The fourth-order valence-electron chi connectivity index (χ4n) is 7.58.